The van der Waals surface area contributed by atoms with Crippen molar-refractivity contribution in [2.45, 2.75) is 12.5 Å². The van der Waals surface area contributed by atoms with Crippen molar-refractivity contribution in [2.75, 3.05) is 5.32 Å². The van der Waals surface area contributed by atoms with Crippen molar-refractivity contribution >= 4 is 45.2 Å². The fraction of sp³-hybridized carbons (Fsp3) is 0.167. The minimum absolute atomic E-state index is 0.143. The second-order valence-electron chi connectivity index (χ2n) is 3.64. The van der Waals surface area contributed by atoms with Crippen LogP contribution in [0.25, 0.3) is 0 Å². The third kappa shape index (κ3) is 4.92. The van der Waals surface area contributed by atoms with E-state index in [2.05, 4.69) is 33.1 Å². The summed E-state index contributed by atoms with van der Waals surface area (Å²) < 4.78 is 0.704. The number of carboxylic acids is 1. The van der Waals surface area contributed by atoms with E-state index in [1.807, 2.05) is 0 Å². The summed E-state index contributed by atoms with van der Waals surface area (Å²) in [6.07, 6.45) is 1.57. The molecule has 7 heteroatoms. The standard InChI is InChI=1S/C12H12BrClN2O3/c1-2-3-10(11(17)18)16-12(19)15-7-4-5-8(13)9(14)6-7/h2,4-6,10H,1,3H2,(H,17,18)(H2,15,16,19). The summed E-state index contributed by atoms with van der Waals surface area (Å²) in [5.41, 5.74) is 0.466. The number of rotatable bonds is 5. The molecule has 0 aromatic heterocycles. The summed E-state index contributed by atoms with van der Waals surface area (Å²) in [6.45, 7) is 3.44. The van der Waals surface area contributed by atoms with Gasteiger partial charge in [-0.15, -0.1) is 6.58 Å². The average Bonchev–Trinajstić information content (AvgIpc) is 2.33. The molecular weight excluding hydrogens is 336 g/mol. The van der Waals surface area contributed by atoms with Crippen molar-refractivity contribution in [1.29, 1.82) is 0 Å². The lowest BCUT2D eigenvalue weighted by Crippen LogP contribution is -2.42. The second kappa shape index (κ2) is 7.16. The van der Waals surface area contributed by atoms with Gasteiger partial charge in [-0.1, -0.05) is 17.7 Å². The third-order valence-electron chi connectivity index (χ3n) is 2.18. The van der Waals surface area contributed by atoms with Crippen LogP contribution in [0.5, 0.6) is 0 Å². The van der Waals surface area contributed by atoms with Crippen LogP contribution < -0.4 is 10.6 Å². The fourth-order valence-electron chi connectivity index (χ4n) is 1.29. The highest BCUT2D eigenvalue weighted by atomic mass is 79.9. The van der Waals surface area contributed by atoms with Crippen molar-refractivity contribution in [3.63, 3.8) is 0 Å². The van der Waals surface area contributed by atoms with Gasteiger partial charge in [0.2, 0.25) is 0 Å². The van der Waals surface area contributed by atoms with Crippen LogP contribution in [0.3, 0.4) is 0 Å². The minimum Gasteiger partial charge on any atom is -0.480 e. The van der Waals surface area contributed by atoms with E-state index in [-0.39, 0.29) is 6.42 Å². The number of amides is 2. The Balaban J connectivity index is 2.65. The Hall–Kier alpha value is -1.53. The molecule has 3 N–H and O–H groups in total. The van der Waals surface area contributed by atoms with Gasteiger partial charge in [-0.05, 0) is 40.5 Å². The smallest absolute Gasteiger partial charge is 0.326 e. The van der Waals surface area contributed by atoms with E-state index in [0.717, 1.165) is 0 Å². The lowest BCUT2D eigenvalue weighted by molar-refractivity contribution is -0.139. The van der Waals surface area contributed by atoms with E-state index in [0.29, 0.717) is 15.2 Å². The van der Waals surface area contributed by atoms with Crippen LogP contribution in [0, 0.1) is 0 Å². The Morgan fingerprint density at radius 3 is 2.74 bits per heavy atom. The normalized spacial score (nSPS) is 11.5. The van der Waals surface area contributed by atoms with Crippen LogP contribution in [-0.2, 0) is 4.79 Å². The summed E-state index contributed by atoms with van der Waals surface area (Å²) in [6, 6.07) is 3.24. The maximum atomic E-state index is 11.6. The third-order valence-corrected chi connectivity index (χ3v) is 3.42. The van der Waals surface area contributed by atoms with Gasteiger partial charge in [-0.3, -0.25) is 0 Å². The van der Waals surface area contributed by atoms with Gasteiger partial charge >= 0.3 is 12.0 Å². The Bertz CT molecular complexity index is 508. The molecule has 1 rings (SSSR count). The molecule has 102 valence electrons. The molecule has 1 aromatic carbocycles. The highest BCUT2D eigenvalue weighted by molar-refractivity contribution is 9.10. The van der Waals surface area contributed by atoms with Crippen LogP contribution in [-0.4, -0.2) is 23.1 Å². The van der Waals surface area contributed by atoms with Crippen molar-refractivity contribution in [3.8, 4) is 0 Å². The number of urea groups is 1. The van der Waals surface area contributed by atoms with Crippen LogP contribution in [0.15, 0.2) is 35.3 Å². The highest BCUT2D eigenvalue weighted by Crippen LogP contribution is 2.25. The molecule has 0 aliphatic carbocycles. The number of aliphatic carboxylic acids is 1. The molecule has 0 saturated heterocycles. The van der Waals surface area contributed by atoms with Crippen molar-refractivity contribution in [1.82, 2.24) is 5.32 Å². The number of carbonyl (C=O) groups is 2. The number of hydrogen-bond donors (Lipinski definition) is 3. The predicted octanol–water partition coefficient (Wildman–Crippen LogP) is 3.25. The Morgan fingerprint density at radius 1 is 1.53 bits per heavy atom. The number of hydrogen-bond acceptors (Lipinski definition) is 2. The van der Waals surface area contributed by atoms with Gasteiger partial charge in [0.25, 0.3) is 0 Å². The van der Waals surface area contributed by atoms with Crippen LogP contribution >= 0.6 is 27.5 Å². The zero-order valence-electron chi connectivity index (χ0n) is 9.82. The molecule has 0 spiro atoms. The summed E-state index contributed by atoms with van der Waals surface area (Å²) in [4.78, 5) is 22.5. The lowest BCUT2D eigenvalue weighted by atomic mass is 10.2. The van der Waals surface area contributed by atoms with E-state index >= 15 is 0 Å². The molecule has 1 unspecified atom stereocenters. The van der Waals surface area contributed by atoms with Gasteiger partial charge in [0.15, 0.2) is 0 Å². The monoisotopic (exact) mass is 346 g/mol. The molecule has 0 aliphatic heterocycles. The number of nitrogens with one attached hydrogen (secondary N) is 2. The summed E-state index contributed by atoms with van der Waals surface area (Å²) in [5.74, 6) is -1.12. The number of benzene rings is 1. The average molecular weight is 348 g/mol. The van der Waals surface area contributed by atoms with Gasteiger partial charge in [0.05, 0.1) is 5.02 Å². The SMILES string of the molecule is C=CCC(NC(=O)Nc1ccc(Br)c(Cl)c1)C(=O)O. The second-order valence-corrected chi connectivity index (χ2v) is 4.90. The van der Waals surface area contributed by atoms with E-state index in [1.54, 1.807) is 18.2 Å². The number of halogens is 2. The van der Waals surface area contributed by atoms with Gasteiger partial charge in [0.1, 0.15) is 6.04 Å². The van der Waals surface area contributed by atoms with Crippen LogP contribution in [0.2, 0.25) is 5.02 Å². The van der Waals surface area contributed by atoms with E-state index < -0.39 is 18.0 Å². The predicted molar refractivity (Wildman–Crippen MR) is 77.5 cm³/mol. The molecule has 19 heavy (non-hydrogen) atoms. The molecule has 0 heterocycles. The summed E-state index contributed by atoms with van der Waals surface area (Å²) >= 11 is 9.10. The summed E-state index contributed by atoms with van der Waals surface area (Å²) in [5, 5.41) is 14.2. The van der Waals surface area contributed by atoms with Gasteiger partial charge in [0, 0.05) is 10.2 Å². The van der Waals surface area contributed by atoms with Crippen molar-refractivity contribution < 1.29 is 14.7 Å². The molecule has 5 nitrogen and oxygen atoms in total. The van der Waals surface area contributed by atoms with E-state index in [4.69, 9.17) is 16.7 Å². The van der Waals surface area contributed by atoms with Gasteiger partial charge in [-0.25, -0.2) is 9.59 Å². The van der Waals surface area contributed by atoms with Crippen LogP contribution in [0.1, 0.15) is 6.42 Å². The molecule has 0 bridgehead atoms. The zero-order chi connectivity index (χ0) is 14.4. The largest absolute Gasteiger partial charge is 0.480 e. The number of carboxylic acid groups (broad SMARTS) is 1. The molecule has 0 radical (unpaired) electrons. The zero-order valence-corrected chi connectivity index (χ0v) is 12.2. The van der Waals surface area contributed by atoms with E-state index in [1.165, 1.54) is 6.08 Å². The Morgan fingerprint density at radius 2 is 2.21 bits per heavy atom. The molecule has 1 atom stereocenters. The minimum atomic E-state index is -1.12. The topological polar surface area (TPSA) is 78.4 Å². The fourth-order valence-corrected chi connectivity index (χ4v) is 1.71. The first-order valence-electron chi connectivity index (χ1n) is 5.30. The first kappa shape index (κ1) is 15.5. The molecule has 0 aliphatic rings. The molecule has 0 fully saturated rings. The first-order valence-corrected chi connectivity index (χ1v) is 6.47. The van der Waals surface area contributed by atoms with Crippen LogP contribution in [0.4, 0.5) is 10.5 Å². The summed E-state index contributed by atoms with van der Waals surface area (Å²) in [7, 11) is 0. The highest BCUT2D eigenvalue weighted by Gasteiger charge is 2.18. The Kier molecular flexibility index (Phi) is 5.85. The molecule has 2 amide bonds. The first-order chi connectivity index (χ1) is 8.93. The van der Waals surface area contributed by atoms with Crippen molar-refractivity contribution in [3.05, 3.63) is 40.3 Å². The van der Waals surface area contributed by atoms with Gasteiger partial charge in [-0.2, -0.15) is 0 Å². The maximum absolute atomic E-state index is 11.6. The molecule has 0 saturated carbocycles. The molecule has 1 aromatic rings. The van der Waals surface area contributed by atoms with Crippen molar-refractivity contribution in [2.24, 2.45) is 0 Å². The lowest BCUT2D eigenvalue weighted by Gasteiger charge is -2.13. The molecular formula is C12H12BrClN2O3. The quantitative estimate of drug-likeness (QED) is 0.715. The Labute approximate surface area is 123 Å². The maximum Gasteiger partial charge on any atom is 0.326 e. The number of anilines is 1. The van der Waals surface area contributed by atoms with Gasteiger partial charge < -0.3 is 15.7 Å². The number of carbonyl (C=O) groups excluding carboxylic acids is 1. The van der Waals surface area contributed by atoms with E-state index in [9.17, 15) is 9.59 Å².